The van der Waals surface area contributed by atoms with Crippen molar-refractivity contribution in [3.05, 3.63) is 105 Å². The number of aryl methyl sites for hydroxylation is 1. The highest BCUT2D eigenvalue weighted by atomic mass is 35.5. The van der Waals surface area contributed by atoms with Gasteiger partial charge in [-0.1, -0.05) is 41.9 Å². The molecule has 0 spiro atoms. The minimum absolute atomic E-state index is 0.0347. The first-order valence-electron chi connectivity index (χ1n) is 16.2. The van der Waals surface area contributed by atoms with E-state index in [1.54, 1.807) is 29.2 Å². The standard InChI is InChI=1S/C36H37ClN6O4S/c1-23-29(37)31(48-30(23)25-8-14-38-15-9-25)35(46)42-17-11-26(28(20-42)24-6-4-3-5-7-24)33(44)41-18-12-36(47,13-19-41)21-43-22-39-32-27(34(43)45)10-16-40(32)2/h3-10,14-16,22,26,28,47H,11-13,17-21H2,1-2H3/t26-,28+/m1/s1. The summed E-state index contributed by atoms with van der Waals surface area (Å²) in [4.78, 5) is 54.9. The Balaban J connectivity index is 1.06. The van der Waals surface area contributed by atoms with Crippen molar-refractivity contribution in [1.82, 2.24) is 28.9 Å². The van der Waals surface area contributed by atoms with Gasteiger partial charge in [-0.2, -0.15) is 0 Å². The molecule has 2 aliphatic heterocycles. The molecular weight excluding hydrogens is 648 g/mol. The van der Waals surface area contributed by atoms with E-state index in [0.29, 0.717) is 66.4 Å². The average Bonchev–Trinajstić information content (AvgIpc) is 3.64. The summed E-state index contributed by atoms with van der Waals surface area (Å²) in [7, 11) is 1.84. The summed E-state index contributed by atoms with van der Waals surface area (Å²) >= 11 is 8.16. The van der Waals surface area contributed by atoms with Gasteiger partial charge in [-0.25, -0.2) is 4.98 Å². The Bertz CT molecular complexity index is 2030. The lowest BCUT2D eigenvalue weighted by molar-refractivity contribution is -0.142. The first-order chi connectivity index (χ1) is 23.1. The molecule has 10 nitrogen and oxygen atoms in total. The second-order valence-corrected chi connectivity index (χ2v) is 14.4. The third-order valence-electron chi connectivity index (χ3n) is 9.98. The Kier molecular flexibility index (Phi) is 8.69. The van der Waals surface area contributed by atoms with Crippen molar-refractivity contribution in [3.63, 3.8) is 0 Å². The lowest BCUT2D eigenvalue weighted by atomic mass is 9.79. The summed E-state index contributed by atoms with van der Waals surface area (Å²) in [5.41, 5.74) is 2.13. The van der Waals surface area contributed by atoms with Gasteiger partial charge in [0.1, 0.15) is 16.9 Å². The monoisotopic (exact) mass is 684 g/mol. The molecule has 0 unspecified atom stereocenters. The van der Waals surface area contributed by atoms with Crippen LogP contribution < -0.4 is 5.56 Å². The van der Waals surface area contributed by atoms with E-state index >= 15 is 0 Å². The smallest absolute Gasteiger partial charge is 0.265 e. The summed E-state index contributed by atoms with van der Waals surface area (Å²) in [6, 6.07) is 15.5. The van der Waals surface area contributed by atoms with Crippen LogP contribution in [0, 0.1) is 12.8 Å². The number of hydrogen-bond acceptors (Lipinski definition) is 7. The van der Waals surface area contributed by atoms with E-state index in [2.05, 4.69) is 9.97 Å². The van der Waals surface area contributed by atoms with Crippen LogP contribution in [0.2, 0.25) is 5.02 Å². The molecule has 7 rings (SSSR count). The maximum Gasteiger partial charge on any atom is 0.265 e. The van der Waals surface area contributed by atoms with Gasteiger partial charge < -0.3 is 19.5 Å². The van der Waals surface area contributed by atoms with Crippen LogP contribution >= 0.6 is 22.9 Å². The zero-order valence-electron chi connectivity index (χ0n) is 26.9. The van der Waals surface area contributed by atoms with Gasteiger partial charge in [0, 0.05) is 68.5 Å². The van der Waals surface area contributed by atoms with Crippen LogP contribution in [0.4, 0.5) is 0 Å². The molecule has 2 amide bonds. The number of benzene rings is 1. The van der Waals surface area contributed by atoms with Crippen molar-refractivity contribution < 1.29 is 14.7 Å². The molecule has 0 aliphatic carbocycles. The van der Waals surface area contributed by atoms with Crippen molar-refractivity contribution in [2.75, 3.05) is 26.2 Å². The van der Waals surface area contributed by atoms with Gasteiger partial charge in [0.15, 0.2) is 0 Å². The number of amides is 2. The number of pyridine rings is 1. The van der Waals surface area contributed by atoms with Crippen LogP contribution in [-0.4, -0.2) is 77.6 Å². The van der Waals surface area contributed by atoms with E-state index in [0.717, 1.165) is 21.6 Å². The van der Waals surface area contributed by atoms with Crippen LogP contribution in [0.5, 0.6) is 0 Å². The number of thiophene rings is 1. The fraction of sp³-hybridized carbons (Fsp3) is 0.361. The molecule has 2 fully saturated rings. The summed E-state index contributed by atoms with van der Waals surface area (Å²) in [6.07, 6.45) is 7.95. The predicted molar refractivity (Wildman–Crippen MR) is 186 cm³/mol. The Hall–Kier alpha value is -4.32. The highest BCUT2D eigenvalue weighted by Gasteiger charge is 2.42. The Morgan fingerprint density at radius 2 is 1.77 bits per heavy atom. The lowest BCUT2D eigenvalue weighted by Crippen LogP contribution is -2.53. The number of halogens is 1. The minimum atomic E-state index is -1.13. The molecule has 0 radical (unpaired) electrons. The van der Waals surface area contributed by atoms with Crippen LogP contribution in [0.15, 0.2) is 78.2 Å². The van der Waals surface area contributed by atoms with Crippen LogP contribution in [-0.2, 0) is 18.4 Å². The number of nitrogens with zero attached hydrogens (tertiary/aromatic N) is 6. The summed E-state index contributed by atoms with van der Waals surface area (Å²) in [6.45, 7) is 3.65. The van der Waals surface area contributed by atoms with Crippen LogP contribution in [0.25, 0.3) is 21.5 Å². The van der Waals surface area contributed by atoms with E-state index in [-0.39, 0.29) is 35.8 Å². The van der Waals surface area contributed by atoms with Gasteiger partial charge in [0.25, 0.3) is 11.5 Å². The molecule has 0 bridgehead atoms. The Labute approximate surface area is 287 Å². The number of rotatable bonds is 6. The number of carbonyl (C=O) groups is 2. The molecule has 2 aliphatic rings. The lowest BCUT2D eigenvalue weighted by Gasteiger charge is -2.43. The van der Waals surface area contributed by atoms with Crippen molar-refractivity contribution in [2.45, 2.75) is 44.2 Å². The molecule has 1 aromatic carbocycles. The topological polar surface area (TPSA) is 114 Å². The molecule has 6 heterocycles. The van der Waals surface area contributed by atoms with Gasteiger partial charge in [-0.15, -0.1) is 11.3 Å². The first-order valence-corrected chi connectivity index (χ1v) is 17.4. The van der Waals surface area contributed by atoms with Crippen molar-refractivity contribution in [1.29, 1.82) is 0 Å². The second kappa shape index (κ2) is 12.9. The van der Waals surface area contributed by atoms with Gasteiger partial charge >= 0.3 is 0 Å². The minimum Gasteiger partial charge on any atom is -0.388 e. The molecule has 4 aromatic heterocycles. The summed E-state index contributed by atoms with van der Waals surface area (Å²) in [5.74, 6) is -0.601. The van der Waals surface area contributed by atoms with E-state index in [1.165, 1.54) is 22.2 Å². The molecule has 2 saturated heterocycles. The van der Waals surface area contributed by atoms with E-state index in [9.17, 15) is 19.5 Å². The number of carbonyl (C=O) groups excluding carboxylic acids is 2. The predicted octanol–water partition coefficient (Wildman–Crippen LogP) is 5.12. The van der Waals surface area contributed by atoms with Gasteiger partial charge in [0.2, 0.25) is 5.91 Å². The molecule has 12 heteroatoms. The average molecular weight is 685 g/mol. The SMILES string of the molecule is Cc1c(-c2ccncc2)sc(C(=O)N2CC[C@@H](C(=O)N3CCC(O)(Cn4cnc5c(ccn5C)c4=O)CC3)[C@H](c3ccccc3)C2)c1Cl. The highest BCUT2D eigenvalue weighted by molar-refractivity contribution is 7.18. The van der Waals surface area contributed by atoms with E-state index in [4.69, 9.17) is 11.6 Å². The largest absolute Gasteiger partial charge is 0.388 e. The number of likely N-dealkylation sites (tertiary alicyclic amines) is 2. The number of aliphatic hydroxyl groups is 1. The zero-order chi connectivity index (χ0) is 33.6. The Morgan fingerprint density at radius 1 is 1.04 bits per heavy atom. The number of piperidine rings is 2. The number of aromatic nitrogens is 4. The van der Waals surface area contributed by atoms with Crippen molar-refractivity contribution in [2.24, 2.45) is 13.0 Å². The summed E-state index contributed by atoms with van der Waals surface area (Å²) in [5, 5.41) is 12.5. The van der Waals surface area contributed by atoms with Crippen LogP contribution in [0.3, 0.4) is 0 Å². The quantitative estimate of drug-likeness (QED) is 0.266. The zero-order valence-corrected chi connectivity index (χ0v) is 28.5. The highest BCUT2D eigenvalue weighted by Crippen LogP contribution is 2.41. The number of hydrogen-bond donors (Lipinski definition) is 1. The van der Waals surface area contributed by atoms with Crippen molar-refractivity contribution in [3.8, 4) is 10.4 Å². The van der Waals surface area contributed by atoms with Gasteiger partial charge in [-0.3, -0.25) is 23.9 Å². The Morgan fingerprint density at radius 3 is 2.50 bits per heavy atom. The third-order valence-corrected chi connectivity index (χ3v) is 11.9. The fourth-order valence-corrected chi connectivity index (χ4v) is 8.69. The number of fused-ring (bicyclic) bond motifs is 1. The van der Waals surface area contributed by atoms with Crippen molar-refractivity contribution >= 4 is 45.8 Å². The van der Waals surface area contributed by atoms with Gasteiger partial charge in [-0.05, 0) is 61.1 Å². The summed E-state index contributed by atoms with van der Waals surface area (Å²) < 4.78 is 3.26. The second-order valence-electron chi connectivity index (χ2n) is 13.0. The maximum absolute atomic E-state index is 14.2. The third kappa shape index (κ3) is 5.95. The first kappa shape index (κ1) is 32.2. The normalized spacial score (nSPS) is 19.5. The molecule has 48 heavy (non-hydrogen) atoms. The van der Waals surface area contributed by atoms with E-state index < -0.39 is 5.60 Å². The molecule has 248 valence electrons. The van der Waals surface area contributed by atoms with Crippen LogP contribution in [0.1, 0.15) is 46.0 Å². The molecular formula is C36H37ClN6O4S. The molecule has 5 aromatic rings. The maximum atomic E-state index is 14.2. The molecule has 2 atom stereocenters. The molecule has 0 saturated carbocycles. The molecule has 1 N–H and O–H groups in total. The fourth-order valence-electron chi connectivity index (χ4n) is 7.17. The van der Waals surface area contributed by atoms with Gasteiger partial charge in [0.05, 0.1) is 22.6 Å². The van der Waals surface area contributed by atoms with E-state index in [1.807, 2.05) is 66.2 Å².